The zero-order valence-corrected chi connectivity index (χ0v) is 14.0. The minimum absolute atomic E-state index is 0.155. The largest absolute Gasteiger partial charge is 0.511 e. The lowest BCUT2D eigenvalue weighted by atomic mass is 9.56. The minimum Gasteiger partial charge on any atom is -0.511 e. The number of hydrogen-bond donors (Lipinski definition) is 1. The Kier molecular flexibility index (Phi) is 4.29. The van der Waals surface area contributed by atoms with Gasteiger partial charge in [0.05, 0.1) is 5.57 Å². The summed E-state index contributed by atoms with van der Waals surface area (Å²) in [6.45, 7) is 0. The number of Topliss-reactive ketones (excluding diaryl/α,β-unsaturated/α-hetero) is 1. The highest BCUT2D eigenvalue weighted by molar-refractivity contribution is 6.15. The van der Waals surface area contributed by atoms with Crippen LogP contribution in [-0.2, 0) is 4.79 Å². The van der Waals surface area contributed by atoms with Gasteiger partial charge in [-0.2, -0.15) is 0 Å². The lowest BCUT2D eigenvalue weighted by Gasteiger charge is -2.48. The molecule has 0 radical (unpaired) electrons. The Balaban J connectivity index is 1.61. The molecule has 126 valence electrons. The summed E-state index contributed by atoms with van der Waals surface area (Å²) in [4.78, 5) is 17.7. The van der Waals surface area contributed by atoms with Crippen molar-refractivity contribution in [3.8, 4) is 0 Å². The molecule has 4 rings (SSSR count). The van der Waals surface area contributed by atoms with E-state index in [4.69, 9.17) is 0 Å². The second-order valence-electron chi connectivity index (χ2n) is 8.15. The van der Waals surface area contributed by atoms with Gasteiger partial charge in [-0.1, -0.05) is 44.9 Å². The first-order valence-corrected chi connectivity index (χ1v) is 9.76. The fourth-order valence-corrected chi connectivity index (χ4v) is 5.74. The normalized spacial score (nSPS) is 38.9. The van der Waals surface area contributed by atoms with Crippen LogP contribution < -0.4 is 0 Å². The van der Waals surface area contributed by atoms with Crippen molar-refractivity contribution in [3.63, 3.8) is 0 Å². The Labute approximate surface area is 139 Å². The number of aliphatic imine (C=N–C) groups is 1. The fourth-order valence-electron chi connectivity index (χ4n) is 5.74. The minimum atomic E-state index is 0.155. The first-order chi connectivity index (χ1) is 11.3. The summed E-state index contributed by atoms with van der Waals surface area (Å²) in [7, 11) is 0. The molecule has 0 aromatic rings. The molecule has 0 amide bonds. The van der Waals surface area contributed by atoms with Crippen LogP contribution in [0, 0.1) is 23.7 Å². The number of ketones is 1. The summed E-state index contributed by atoms with van der Waals surface area (Å²) < 4.78 is 0. The van der Waals surface area contributed by atoms with Crippen molar-refractivity contribution in [1.29, 1.82) is 0 Å². The molecule has 3 fully saturated rings. The molecule has 1 N–H and O–H groups in total. The lowest BCUT2D eigenvalue weighted by molar-refractivity contribution is -0.126. The van der Waals surface area contributed by atoms with Gasteiger partial charge >= 0.3 is 0 Å². The molecule has 4 aliphatic carbocycles. The monoisotopic (exact) mass is 315 g/mol. The maximum absolute atomic E-state index is 13.0. The van der Waals surface area contributed by atoms with E-state index in [1.807, 2.05) is 0 Å². The predicted molar refractivity (Wildman–Crippen MR) is 91.7 cm³/mol. The molecule has 0 aromatic heterocycles. The van der Waals surface area contributed by atoms with Gasteiger partial charge in [0.25, 0.3) is 0 Å². The summed E-state index contributed by atoms with van der Waals surface area (Å²) in [5.41, 5.74) is 0.560. The van der Waals surface area contributed by atoms with Gasteiger partial charge in [0, 0.05) is 24.1 Å². The molecule has 0 spiro atoms. The summed E-state index contributed by atoms with van der Waals surface area (Å²) >= 11 is 0. The number of hydrogen-bond acceptors (Lipinski definition) is 3. The number of allylic oxidation sites excluding steroid dienone is 2. The maximum atomic E-state index is 13.0. The van der Waals surface area contributed by atoms with E-state index in [-0.39, 0.29) is 17.6 Å². The Hall–Kier alpha value is -1.12. The van der Waals surface area contributed by atoms with Gasteiger partial charge in [0.2, 0.25) is 0 Å². The molecule has 4 atom stereocenters. The molecule has 3 saturated carbocycles. The third-order valence-electron chi connectivity index (χ3n) is 6.87. The number of aliphatic hydroxyl groups excluding tert-OH is 1. The molecule has 3 nitrogen and oxygen atoms in total. The van der Waals surface area contributed by atoms with Crippen LogP contribution in [0.1, 0.15) is 70.6 Å². The number of carbonyl (C=O) groups excluding carboxylic acids is 1. The molecule has 0 aromatic carbocycles. The fraction of sp³-hybridized carbons (Fsp3) is 0.800. The zero-order chi connectivity index (χ0) is 15.8. The van der Waals surface area contributed by atoms with E-state index in [9.17, 15) is 9.90 Å². The van der Waals surface area contributed by atoms with Crippen molar-refractivity contribution >= 4 is 12.0 Å². The summed E-state index contributed by atoms with van der Waals surface area (Å²) in [5, 5.41) is 10.8. The molecule has 0 aliphatic heterocycles. The first kappa shape index (κ1) is 15.4. The second kappa shape index (κ2) is 6.41. The standard InChI is InChI=1S/C20H29NO2/c22-19-15-10-4-6-13-7-5-11-16(18(13)15)20(23)17(19)12-21-14-8-2-1-3-9-14/h12-16,18,22H,1-11H2. The molecule has 0 heterocycles. The van der Waals surface area contributed by atoms with E-state index >= 15 is 0 Å². The Morgan fingerprint density at radius 3 is 2.30 bits per heavy atom. The third kappa shape index (κ3) is 2.77. The van der Waals surface area contributed by atoms with E-state index in [1.54, 1.807) is 6.21 Å². The molecule has 0 saturated heterocycles. The highest BCUT2D eigenvalue weighted by atomic mass is 16.3. The molecular formula is C20H29NO2. The van der Waals surface area contributed by atoms with Crippen molar-refractivity contribution in [2.24, 2.45) is 28.7 Å². The molecule has 3 heteroatoms. The van der Waals surface area contributed by atoms with Crippen molar-refractivity contribution in [2.75, 3.05) is 0 Å². The van der Waals surface area contributed by atoms with E-state index < -0.39 is 0 Å². The second-order valence-corrected chi connectivity index (χ2v) is 8.15. The van der Waals surface area contributed by atoms with Crippen LogP contribution in [0.4, 0.5) is 0 Å². The maximum Gasteiger partial charge on any atom is 0.171 e. The molecular weight excluding hydrogens is 286 g/mol. The SMILES string of the molecule is O=C1C(C=NC2CCCCC2)=C(O)C2CCCC3CCCC1C32. The van der Waals surface area contributed by atoms with Gasteiger partial charge in [0.1, 0.15) is 5.76 Å². The summed E-state index contributed by atoms with van der Waals surface area (Å²) in [5.74, 6) is 2.02. The average Bonchev–Trinajstić information content (AvgIpc) is 2.60. The van der Waals surface area contributed by atoms with Gasteiger partial charge in [-0.25, -0.2) is 0 Å². The zero-order valence-electron chi connectivity index (χ0n) is 14.0. The van der Waals surface area contributed by atoms with Gasteiger partial charge in [-0.15, -0.1) is 0 Å². The number of aliphatic hydroxyl groups is 1. The number of rotatable bonds is 2. The van der Waals surface area contributed by atoms with Gasteiger partial charge < -0.3 is 5.11 Å². The number of carbonyl (C=O) groups is 1. The third-order valence-corrected chi connectivity index (χ3v) is 6.87. The highest BCUT2D eigenvalue weighted by Crippen LogP contribution is 2.52. The van der Waals surface area contributed by atoms with Crippen molar-refractivity contribution in [1.82, 2.24) is 0 Å². The Morgan fingerprint density at radius 2 is 1.57 bits per heavy atom. The Morgan fingerprint density at radius 1 is 0.870 bits per heavy atom. The smallest absolute Gasteiger partial charge is 0.171 e. The van der Waals surface area contributed by atoms with E-state index in [1.165, 1.54) is 44.9 Å². The topological polar surface area (TPSA) is 49.7 Å². The predicted octanol–water partition coefficient (Wildman–Crippen LogP) is 4.62. The van der Waals surface area contributed by atoms with Crippen LogP contribution in [0.15, 0.2) is 16.3 Å². The summed E-state index contributed by atoms with van der Waals surface area (Å²) in [6.07, 6.45) is 14.8. The van der Waals surface area contributed by atoms with Crippen LogP contribution in [-0.4, -0.2) is 23.1 Å². The quantitative estimate of drug-likeness (QED) is 0.756. The van der Waals surface area contributed by atoms with Crippen LogP contribution in [0.25, 0.3) is 0 Å². The van der Waals surface area contributed by atoms with Crippen LogP contribution in [0.3, 0.4) is 0 Å². The van der Waals surface area contributed by atoms with Gasteiger partial charge in [-0.05, 0) is 37.5 Å². The molecule has 0 bridgehead atoms. The number of nitrogens with zero attached hydrogens (tertiary/aromatic N) is 1. The van der Waals surface area contributed by atoms with E-state index in [2.05, 4.69) is 4.99 Å². The summed E-state index contributed by atoms with van der Waals surface area (Å²) in [6, 6.07) is 0.361. The highest BCUT2D eigenvalue weighted by Gasteiger charge is 2.49. The van der Waals surface area contributed by atoms with E-state index in [0.717, 1.165) is 25.7 Å². The molecule has 4 aliphatic rings. The Bertz CT molecular complexity index is 528. The van der Waals surface area contributed by atoms with Gasteiger partial charge in [-0.3, -0.25) is 9.79 Å². The van der Waals surface area contributed by atoms with Crippen LogP contribution in [0.2, 0.25) is 0 Å². The molecule has 4 unspecified atom stereocenters. The van der Waals surface area contributed by atoms with Crippen molar-refractivity contribution < 1.29 is 9.90 Å². The van der Waals surface area contributed by atoms with Gasteiger partial charge in [0.15, 0.2) is 5.78 Å². The van der Waals surface area contributed by atoms with Crippen molar-refractivity contribution in [3.05, 3.63) is 11.3 Å². The molecule has 23 heavy (non-hydrogen) atoms. The van der Waals surface area contributed by atoms with E-state index in [0.29, 0.717) is 29.2 Å². The average molecular weight is 315 g/mol. The van der Waals surface area contributed by atoms with Crippen molar-refractivity contribution in [2.45, 2.75) is 76.7 Å². The van der Waals surface area contributed by atoms with Crippen LogP contribution >= 0.6 is 0 Å². The van der Waals surface area contributed by atoms with Crippen LogP contribution in [0.5, 0.6) is 0 Å². The first-order valence-electron chi connectivity index (χ1n) is 9.76. The lowest BCUT2D eigenvalue weighted by Crippen LogP contribution is -2.46.